The van der Waals surface area contributed by atoms with Gasteiger partial charge in [-0.25, -0.2) is 0 Å². The number of halogens is 1. The summed E-state index contributed by atoms with van der Waals surface area (Å²) in [6, 6.07) is 1.87. The van der Waals surface area contributed by atoms with Crippen molar-refractivity contribution in [3.63, 3.8) is 0 Å². The van der Waals surface area contributed by atoms with E-state index < -0.39 is 0 Å². The average Bonchev–Trinajstić information content (AvgIpc) is 2.98. The number of hydrogen-bond acceptors (Lipinski definition) is 3. The highest BCUT2D eigenvalue weighted by Crippen LogP contribution is 2.18. The van der Waals surface area contributed by atoms with E-state index >= 15 is 0 Å². The molecule has 0 saturated heterocycles. The van der Waals surface area contributed by atoms with Crippen molar-refractivity contribution in [3.05, 3.63) is 31.0 Å². The maximum atomic E-state index is 10.9. The fraction of sp³-hybridized carbons (Fsp3) is 0.273. The lowest BCUT2D eigenvalue weighted by Gasteiger charge is -2.02. The van der Waals surface area contributed by atoms with Crippen LogP contribution in [0.1, 0.15) is 0 Å². The van der Waals surface area contributed by atoms with Gasteiger partial charge in [0.05, 0.1) is 25.3 Å². The molecule has 0 fully saturated rings. The van der Waals surface area contributed by atoms with Gasteiger partial charge in [-0.05, 0) is 6.07 Å². The van der Waals surface area contributed by atoms with Gasteiger partial charge in [-0.1, -0.05) is 0 Å². The molecule has 0 aliphatic rings. The average molecular weight is 254 g/mol. The van der Waals surface area contributed by atoms with Crippen molar-refractivity contribution in [2.75, 3.05) is 12.4 Å². The van der Waals surface area contributed by atoms with Crippen molar-refractivity contribution in [2.24, 2.45) is 0 Å². The summed E-state index contributed by atoms with van der Waals surface area (Å²) < 4.78 is 6.76. The fourth-order valence-corrected chi connectivity index (χ4v) is 1.52. The van der Waals surface area contributed by atoms with Crippen LogP contribution in [0.2, 0.25) is 0 Å². The number of furan rings is 1. The van der Waals surface area contributed by atoms with E-state index in [2.05, 4.69) is 10.4 Å². The zero-order valence-corrected chi connectivity index (χ0v) is 9.85. The van der Waals surface area contributed by atoms with Crippen LogP contribution in [0.5, 0.6) is 0 Å². The zero-order valence-electron chi connectivity index (χ0n) is 9.10. The smallest absolute Gasteiger partial charge is 0.234 e. The van der Waals surface area contributed by atoms with Crippen LogP contribution in [0, 0.1) is 0 Å². The van der Waals surface area contributed by atoms with E-state index in [1.165, 1.54) is 0 Å². The molecule has 0 bridgehead atoms. The van der Waals surface area contributed by atoms with Crippen LogP contribution in [-0.2, 0) is 11.3 Å². The third-order valence-corrected chi connectivity index (χ3v) is 2.51. The predicted molar refractivity (Wildman–Crippen MR) is 63.7 cm³/mol. The molecule has 1 N–H and O–H groups in total. The lowest BCUT2D eigenvalue weighted by Crippen LogP contribution is -2.28. The molecule has 5 nitrogen and oxygen atoms in total. The Morgan fingerprint density at radius 3 is 3.12 bits per heavy atom. The van der Waals surface area contributed by atoms with Gasteiger partial charge >= 0.3 is 0 Å². The van der Waals surface area contributed by atoms with E-state index in [-0.39, 0.29) is 11.8 Å². The minimum atomic E-state index is -0.172. The molecule has 2 aromatic heterocycles. The molecule has 0 atom stereocenters. The van der Waals surface area contributed by atoms with Crippen molar-refractivity contribution in [3.8, 4) is 11.1 Å². The number of carbonyl (C=O) groups is 1. The zero-order chi connectivity index (χ0) is 12.1. The van der Waals surface area contributed by atoms with Crippen LogP contribution < -0.4 is 5.32 Å². The van der Waals surface area contributed by atoms with Crippen molar-refractivity contribution in [2.45, 2.75) is 6.54 Å². The minimum absolute atomic E-state index is 0.0145. The van der Waals surface area contributed by atoms with E-state index in [9.17, 15) is 4.79 Å². The molecule has 0 aliphatic carbocycles. The molecule has 2 heterocycles. The SMILES string of the molecule is O=C(CCl)NCCn1cc(-c2ccoc2)cn1. The summed E-state index contributed by atoms with van der Waals surface area (Å²) >= 11 is 5.36. The molecule has 0 saturated carbocycles. The summed E-state index contributed by atoms with van der Waals surface area (Å²) in [5, 5.41) is 6.86. The number of alkyl halides is 1. The molecule has 0 radical (unpaired) electrons. The van der Waals surface area contributed by atoms with Gasteiger partial charge in [-0.3, -0.25) is 9.48 Å². The molecule has 17 heavy (non-hydrogen) atoms. The molecule has 2 rings (SSSR count). The van der Waals surface area contributed by atoms with Crippen LogP contribution in [0.4, 0.5) is 0 Å². The quantitative estimate of drug-likeness (QED) is 0.822. The van der Waals surface area contributed by atoms with E-state index in [4.69, 9.17) is 16.0 Å². The normalized spacial score (nSPS) is 10.4. The predicted octanol–water partition coefficient (Wildman–Crippen LogP) is 1.50. The number of amides is 1. The molecule has 0 unspecified atom stereocenters. The number of aromatic nitrogens is 2. The summed E-state index contributed by atoms with van der Waals surface area (Å²) in [6.45, 7) is 1.12. The molecule has 2 aromatic rings. The Hall–Kier alpha value is -1.75. The van der Waals surface area contributed by atoms with Gasteiger partial charge in [0.15, 0.2) is 0 Å². The van der Waals surface area contributed by atoms with Crippen LogP contribution >= 0.6 is 11.6 Å². The Bertz CT molecular complexity index is 479. The van der Waals surface area contributed by atoms with E-state index in [1.54, 1.807) is 23.4 Å². The van der Waals surface area contributed by atoms with E-state index in [1.807, 2.05) is 12.3 Å². The molecule has 0 aliphatic heterocycles. The Morgan fingerprint density at radius 2 is 2.41 bits per heavy atom. The van der Waals surface area contributed by atoms with Crippen LogP contribution in [0.25, 0.3) is 11.1 Å². The molecule has 0 spiro atoms. The first-order valence-electron chi connectivity index (χ1n) is 5.17. The van der Waals surface area contributed by atoms with Gasteiger partial charge in [-0.2, -0.15) is 5.10 Å². The molecule has 90 valence electrons. The number of rotatable bonds is 5. The van der Waals surface area contributed by atoms with Gasteiger partial charge in [0.2, 0.25) is 5.91 Å². The van der Waals surface area contributed by atoms with Crippen LogP contribution in [0.15, 0.2) is 35.4 Å². The Labute approximate surface area is 103 Å². The maximum absolute atomic E-state index is 10.9. The van der Waals surface area contributed by atoms with Gasteiger partial charge in [0.25, 0.3) is 0 Å². The number of carbonyl (C=O) groups excluding carboxylic acids is 1. The summed E-state index contributed by atoms with van der Waals surface area (Å²) in [7, 11) is 0. The van der Waals surface area contributed by atoms with Crippen LogP contribution in [0.3, 0.4) is 0 Å². The van der Waals surface area contributed by atoms with E-state index in [0.29, 0.717) is 13.1 Å². The summed E-state index contributed by atoms with van der Waals surface area (Å²) in [6.07, 6.45) is 6.94. The molecule has 1 amide bonds. The molecular weight excluding hydrogens is 242 g/mol. The largest absolute Gasteiger partial charge is 0.472 e. The highest BCUT2D eigenvalue weighted by atomic mass is 35.5. The topological polar surface area (TPSA) is 60.1 Å². The maximum Gasteiger partial charge on any atom is 0.234 e. The first kappa shape index (κ1) is 11.7. The van der Waals surface area contributed by atoms with Gasteiger partial charge < -0.3 is 9.73 Å². The first-order valence-corrected chi connectivity index (χ1v) is 5.71. The fourth-order valence-electron chi connectivity index (χ4n) is 1.42. The number of hydrogen-bond donors (Lipinski definition) is 1. The second kappa shape index (κ2) is 5.54. The van der Waals surface area contributed by atoms with Gasteiger partial charge in [0.1, 0.15) is 5.88 Å². The monoisotopic (exact) mass is 253 g/mol. The standard InChI is InChI=1S/C11H12ClN3O2/c12-5-11(16)13-2-3-15-7-10(6-14-15)9-1-4-17-8-9/h1,4,6-8H,2-3,5H2,(H,13,16). The molecule has 6 heteroatoms. The van der Waals surface area contributed by atoms with Crippen molar-refractivity contribution >= 4 is 17.5 Å². The van der Waals surface area contributed by atoms with Crippen LogP contribution in [-0.4, -0.2) is 28.1 Å². The Morgan fingerprint density at radius 1 is 1.53 bits per heavy atom. The van der Waals surface area contributed by atoms with Crippen molar-refractivity contribution in [1.29, 1.82) is 0 Å². The highest BCUT2D eigenvalue weighted by Gasteiger charge is 2.03. The molecular formula is C11H12ClN3O2. The lowest BCUT2D eigenvalue weighted by molar-refractivity contribution is -0.118. The second-order valence-electron chi connectivity index (χ2n) is 3.49. The van der Waals surface area contributed by atoms with Gasteiger partial charge in [0, 0.05) is 23.9 Å². The summed E-state index contributed by atoms with van der Waals surface area (Å²) in [5.74, 6) is -0.187. The summed E-state index contributed by atoms with van der Waals surface area (Å²) in [5.41, 5.74) is 1.98. The van der Waals surface area contributed by atoms with Gasteiger partial charge in [-0.15, -0.1) is 11.6 Å². The first-order chi connectivity index (χ1) is 8.29. The third kappa shape index (κ3) is 3.10. The summed E-state index contributed by atoms with van der Waals surface area (Å²) in [4.78, 5) is 10.9. The lowest BCUT2D eigenvalue weighted by atomic mass is 10.2. The van der Waals surface area contributed by atoms with Crippen molar-refractivity contribution in [1.82, 2.24) is 15.1 Å². The molecule has 0 aromatic carbocycles. The van der Waals surface area contributed by atoms with Crippen molar-refractivity contribution < 1.29 is 9.21 Å². The number of nitrogens with one attached hydrogen (secondary N) is 1. The Balaban J connectivity index is 1.89. The van der Waals surface area contributed by atoms with E-state index in [0.717, 1.165) is 11.1 Å². The second-order valence-corrected chi connectivity index (χ2v) is 3.75. The Kier molecular flexibility index (Phi) is 3.82. The number of nitrogens with zero attached hydrogens (tertiary/aromatic N) is 2. The highest BCUT2D eigenvalue weighted by molar-refractivity contribution is 6.27. The minimum Gasteiger partial charge on any atom is -0.472 e. The third-order valence-electron chi connectivity index (χ3n) is 2.27.